The highest BCUT2D eigenvalue weighted by molar-refractivity contribution is 5.40. The van der Waals surface area contributed by atoms with E-state index in [2.05, 4.69) is 47.4 Å². The van der Waals surface area contributed by atoms with Gasteiger partial charge in [0.25, 0.3) is 0 Å². The first kappa shape index (κ1) is 15.6. The maximum atomic E-state index is 4.42. The van der Waals surface area contributed by atoms with Gasteiger partial charge in [-0.2, -0.15) is 10.2 Å². The Labute approximate surface area is 126 Å². The van der Waals surface area contributed by atoms with Crippen LogP contribution < -0.4 is 5.32 Å². The molecule has 1 atom stereocenters. The maximum Gasteiger partial charge on any atom is 0.0731 e. The predicted octanol–water partition coefficient (Wildman–Crippen LogP) is 2.13. The third kappa shape index (κ3) is 4.32. The molecule has 6 heteroatoms. The largest absolute Gasteiger partial charge is 0.376 e. The molecule has 0 aromatic carbocycles. The lowest BCUT2D eigenvalue weighted by atomic mass is 10.2. The molecule has 1 N–H and O–H groups in total. The summed E-state index contributed by atoms with van der Waals surface area (Å²) in [5, 5.41) is 12.1. The van der Waals surface area contributed by atoms with E-state index in [1.807, 2.05) is 35.0 Å². The third-order valence-electron chi connectivity index (χ3n) is 3.78. The smallest absolute Gasteiger partial charge is 0.0731 e. The normalized spacial score (nSPS) is 12.8. The number of likely N-dealkylation sites (N-methyl/N-ethyl adjacent to an activating group) is 1. The highest BCUT2D eigenvalue weighted by Crippen LogP contribution is 2.17. The van der Waals surface area contributed by atoms with Crippen molar-refractivity contribution in [3.63, 3.8) is 0 Å². The van der Waals surface area contributed by atoms with E-state index in [1.165, 1.54) is 5.56 Å². The number of hydrogen-bond donors (Lipinski definition) is 1. The summed E-state index contributed by atoms with van der Waals surface area (Å²) < 4.78 is 3.82. The fourth-order valence-corrected chi connectivity index (χ4v) is 2.34. The van der Waals surface area contributed by atoms with Crippen molar-refractivity contribution >= 4 is 5.69 Å². The summed E-state index contributed by atoms with van der Waals surface area (Å²) in [5.41, 5.74) is 2.22. The summed E-state index contributed by atoms with van der Waals surface area (Å²) in [6.07, 6.45) is 7.87. The lowest BCUT2D eigenvalue weighted by Crippen LogP contribution is -2.27. The number of aryl methyl sites for hydroxylation is 1. The minimum atomic E-state index is 0.221. The Hall–Kier alpha value is -1.82. The number of nitrogens with one attached hydrogen (secondary N) is 1. The molecule has 0 saturated heterocycles. The van der Waals surface area contributed by atoms with Gasteiger partial charge >= 0.3 is 0 Å². The van der Waals surface area contributed by atoms with Gasteiger partial charge in [-0.1, -0.05) is 13.8 Å². The zero-order valence-electron chi connectivity index (χ0n) is 13.5. The minimum Gasteiger partial charge on any atom is -0.376 e. The van der Waals surface area contributed by atoms with Gasteiger partial charge < -0.3 is 10.2 Å². The van der Waals surface area contributed by atoms with Crippen molar-refractivity contribution in [2.24, 2.45) is 7.05 Å². The van der Waals surface area contributed by atoms with Crippen LogP contribution in [0.1, 0.15) is 32.4 Å². The number of rotatable bonds is 8. The summed E-state index contributed by atoms with van der Waals surface area (Å²) in [7, 11) is 1.93. The molecular weight excluding hydrogens is 264 g/mol. The van der Waals surface area contributed by atoms with Gasteiger partial charge in [0, 0.05) is 31.5 Å². The van der Waals surface area contributed by atoms with Crippen LogP contribution in [0.5, 0.6) is 0 Å². The highest BCUT2D eigenvalue weighted by atomic mass is 15.3. The molecule has 0 aliphatic rings. The standard InChI is InChI=1S/C15H26N6/c1-5-20(6-2)7-8-21-12-15(10-17-21)18-13(3)14-9-16-19(4)11-14/h9-13,18H,5-8H2,1-4H3. The Morgan fingerprint density at radius 1 is 1.19 bits per heavy atom. The molecule has 0 aliphatic carbocycles. The van der Waals surface area contributed by atoms with Crippen LogP contribution in [0.4, 0.5) is 5.69 Å². The van der Waals surface area contributed by atoms with E-state index in [-0.39, 0.29) is 6.04 Å². The molecule has 2 rings (SSSR count). The fraction of sp³-hybridized carbons (Fsp3) is 0.600. The molecule has 0 fully saturated rings. The van der Waals surface area contributed by atoms with Crippen molar-refractivity contribution in [1.82, 2.24) is 24.5 Å². The molecule has 116 valence electrons. The first-order valence-corrected chi connectivity index (χ1v) is 7.62. The van der Waals surface area contributed by atoms with Gasteiger partial charge in [-0.15, -0.1) is 0 Å². The molecule has 2 aromatic heterocycles. The Bertz CT molecular complexity index is 540. The van der Waals surface area contributed by atoms with E-state index in [0.29, 0.717) is 0 Å². The van der Waals surface area contributed by atoms with Crippen LogP contribution in [0.2, 0.25) is 0 Å². The molecular formula is C15H26N6. The fourth-order valence-electron chi connectivity index (χ4n) is 2.34. The van der Waals surface area contributed by atoms with Crippen LogP contribution in [-0.4, -0.2) is 44.1 Å². The first-order chi connectivity index (χ1) is 10.1. The van der Waals surface area contributed by atoms with E-state index in [9.17, 15) is 0 Å². The van der Waals surface area contributed by atoms with Crippen molar-refractivity contribution in [2.75, 3.05) is 25.0 Å². The second-order valence-corrected chi connectivity index (χ2v) is 5.33. The quantitative estimate of drug-likeness (QED) is 0.809. The van der Waals surface area contributed by atoms with Crippen molar-refractivity contribution < 1.29 is 0 Å². The van der Waals surface area contributed by atoms with Crippen molar-refractivity contribution in [3.05, 3.63) is 30.4 Å². The summed E-state index contributed by atoms with van der Waals surface area (Å²) in [6, 6.07) is 0.221. The number of aromatic nitrogens is 4. The zero-order chi connectivity index (χ0) is 15.2. The summed E-state index contributed by atoms with van der Waals surface area (Å²) >= 11 is 0. The SMILES string of the molecule is CCN(CC)CCn1cc(NC(C)c2cnn(C)c2)cn1. The molecule has 2 heterocycles. The van der Waals surface area contributed by atoms with Crippen LogP contribution >= 0.6 is 0 Å². The Kier molecular flexibility index (Phi) is 5.38. The van der Waals surface area contributed by atoms with Crippen molar-refractivity contribution in [1.29, 1.82) is 0 Å². The van der Waals surface area contributed by atoms with Gasteiger partial charge in [-0.25, -0.2) is 0 Å². The summed E-state index contributed by atoms with van der Waals surface area (Å²) in [5.74, 6) is 0. The molecule has 0 radical (unpaired) electrons. The van der Waals surface area contributed by atoms with Gasteiger partial charge in [0.2, 0.25) is 0 Å². The number of anilines is 1. The molecule has 6 nitrogen and oxygen atoms in total. The average Bonchev–Trinajstić information content (AvgIpc) is 3.09. The van der Waals surface area contributed by atoms with Crippen LogP contribution in [-0.2, 0) is 13.6 Å². The maximum absolute atomic E-state index is 4.42. The van der Waals surface area contributed by atoms with Gasteiger partial charge in [-0.3, -0.25) is 9.36 Å². The molecule has 2 aromatic rings. The lowest BCUT2D eigenvalue weighted by molar-refractivity contribution is 0.285. The van der Waals surface area contributed by atoms with E-state index in [4.69, 9.17) is 0 Å². The third-order valence-corrected chi connectivity index (χ3v) is 3.78. The van der Waals surface area contributed by atoms with Gasteiger partial charge in [0.05, 0.1) is 30.7 Å². The Morgan fingerprint density at radius 3 is 2.57 bits per heavy atom. The zero-order valence-corrected chi connectivity index (χ0v) is 13.5. The van der Waals surface area contributed by atoms with Gasteiger partial charge in [-0.05, 0) is 20.0 Å². The summed E-state index contributed by atoms with van der Waals surface area (Å²) in [6.45, 7) is 10.6. The molecule has 0 saturated carbocycles. The van der Waals surface area contributed by atoms with Crippen LogP contribution in [0.3, 0.4) is 0 Å². The topological polar surface area (TPSA) is 50.9 Å². The molecule has 0 bridgehead atoms. The van der Waals surface area contributed by atoms with Crippen molar-refractivity contribution in [3.8, 4) is 0 Å². The second-order valence-electron chi connectivity index (χ2n) is 5.33. The Morgan fingerprint density at radius 2 is 1.95 bits per heavy atom. The molecule has 0 spiro atoms. The van der Waals surface area contributed by atoms with Crippen LogP contribution in [0.15, 0.2) is 24.8 Å². The predicted molar refractivity (Wildman–Crippen MR) is 85.3 cm³/mol. The number of nitrogens with zero attached hydrogens (tertiary/aromatic N) is 5. The first-order valence-electron chi connectivity index (χ1n) is 7.62. The van der Waals surface area contributed by atoms with Crippen molar-refractivity contribution in [2.45, 2.75) is 33.4 Å². The second kappa shape index (κ2) is 7.26. The summed E-state index contributed by atoms with van der Waals surface area (Å²) in [4.78, 5) is 2.40. The van der Waals surface area contributed by atoms with Gasteiger partial charge in [0.1, 0.15) is 0 Å². The lowest BCUT2D eigenvalue weighted by Gasteiger charge is -2.17. The van der Waals surface area contributed by atoms with Crippen LogP contribution in [0, 0.1) is 0 Å². The molecule has 0 aliphatic heterocycles. The minimum absolute atomic E-state index is 0.221. The number of hydrogen-bond acceptors (Lipinski definition) is 4. The average molecular weight is 290 g/mol. The van der Waals surface area contributed by atoms with E-state index in [1.54, 1.807) is 0 Å². The monoisotopic (exact) mass is 290 g/mol. The highest BCUT2D eigenvalue weighted by Gasteiger charge is 2.09. The molecule has 0 amide bonds. The van der Waals surface area contributed by atoms with E-state index in [0.717, 1.165) is 31.9 Å². The van der Waals surface area contributed by atoms with E-state index >= 15 is 0 Å². The Balaban J connectivity index is 1.88. The van der Waals surface area contributed by atoms with Crippen LogP contribution in [0.25, 0.3) is 0 Å². The molecule has 1 unspecified atom stereocenters. The van der Waals surface area contributed by atoms with E-state index < -0.39 is 0 Å². The molecule has 21 heavy (non-hydrogen) atoms. The van der Waals surface area contributed by atoms with Gasteiger partial charge in [0.15, 0.2) is 0 Å².